The minimum atomic E-state index is 0.542. The van der Waals surface area contributed by atoms with Crippen molar-refractivity contribution in [2.24, 2.45) is 5.41 Å². The van der Waals surface area contributed by atoms with Gasteiger partial charge in [0.1, 0.15) is 0 Å². The summed E-state index contributed by atoms with van der Waals surface area (Å²) < 4.78 is 5.25. The lowest BCUT2D eigenvalue weighted by Crippen LogP contribution is -2.09. The van der Waals surface area contributed by atoms with Crippen molar-refractivity contribution in [3.05, 3.63) is 0 Å². The van der Waals surface area contributed by atoms with Crippen LogP contribution < -0.4 is 0 Å². The Balaban J connectivity index is 0.000000461. The molecule has 0 aromatic rings. The Bertz CT molecular complexity index is 99.7. The molecule has 0 aromatic carbocycles. The zero-order chi connectivity index (χ0) is 8.91. The standard InChI is InChI=1S/C8H16O.CH4O/c1-8(2)5-4-7(6-8)9-3;1-2/h7H,4-6H2,1-3H3;2H,1H3/t7-;/m0./s1. The first-order valence-electron chi connectivity index (χ1n) is 4.11. The molecule has 0 aromatic heterocycles. The van der Waals surface area contributed by atoms with Crippen molar-refractivity contribution in [2.75, 3.05) is 14.2 Å². The summed E-state index contributed by atoms with van der Waals surface area (Å²) in [6, 6.07) is 0. The van der Waals surface area contributed by atoms with E-state index in [-0.39, 0.29) is 0 Å². The molecule has 2 nitrogen and oxygen atoms in total. The van der Waals surface area contributed by atoms with Crippen molar-refractivity contribution < 1.29 is 9.84 Å². The third-order valence-electron chi connectivity index (χ3n) is 2.26. The molecule has 11 heavy (non-hydrogen) atoms. The van der Waals surface area contributed by atoms with Crippen LogP contribution in [-0.2, 0) is 4.74 Å². The second-order valence-electron chi connectivity index (χ2n) is 3.76. The van der Waals surface area contributed by atoms with Crippen molar-refractivity contribution in [2.45, 2.75) is 39.2 Å². The largest absolute Gasteiger partial charge is 0.400 e. The number of aliphatic hydroxyl groups excluding tert-OH is 1. The molecular weight excluding hydrogens is 140 g/mol. The van der Waals surface area contributed by atoms with Crippen molar-refractivity contribution in [3.8, 4) is 0 Å². The van der Waals surface area contributed by atoms with Gasteiger partial charge in [-0.15, -0.1) is 0 Å². The summed E-state index contributed by atoms with van der Waals surface area (Å²) in [7, 11) is 2.81. The molecule has 1 saturated carbocycles. The number of hydrogen-bond acceptors (Lipinski definition) is 2. The highest BCUT2D eigenvalue weighted by atomic mass is 16.5. The molecule has 2 heteroatoms. The van der Waals surface area contributed by atoms with Crippen molar-refractivity contribution in [3.63, 3.8) is 0 Å². The van der Waals surface area contributed by atoms with E-state index < -0.39 is 0 Å². The maximum atomic E-state index is 7.00. The fraction of sp³-hybridized carbons (Fsp3) is 1.00. The van der Waals surface area contributed by atoms with E-state index in [9.17, 15) is 0 Å². The molecule has 0 spiro atoms. The molecule has 0 unspecified atom stereocenters. The van der Waals surface area contributed by atoms with Crippen LogP contribution in [0.1, 0.15) is 33.1 Å². The SMILES string of the molecule is CO.CO[C@H]1CCC(C)(C)C1. The minimum absolute atomic E-state index is 0.542. The molecule has 0 aliphatic heterocycles. The van der Waals surface area contributed by atoms with Gasteiger partial charge < -0.3 is 9.84 Å². The summed E-state index contributed by atoms with van der Waals surface area (Å²) in [6.45, 7) is 4.62. The number of methoxy groups -OCH3 is 1. The smallest absolute Gasteiger partial charge is 0.0576 e. The Hall–Kier alpha value is -0.0800. The Morgan fingerprint density at radius 1 is 1.36 bits per heavy atom. The van der Waals surface area contributed by atoms with Crippen LogP contribution in [0.25, 0.3) is 0 Å². The monoisotopic (exact) mass is 160 g/mol. The van der Waals surface area contributed by atoms with Gasteiger partial charge in [0, 0.05) is 14.2 Å². The molecule has 0 saturated heterocycles. The van der Waals surface area contributed by atoms with Crippen molar-refractivity contribution in [1.82, 2.24) is 0 Å². The second kappa shape index (κ2) is 4.73. The van der Waals surface area contributed by atoms with E-state index in [1.807, 2.05) is 7.11 Å². The van der Waals surface area contributed by atoms with E-state index in [1.165, 1.54) is 19.3 Å². The Kier molecular flexibility index (Phi) is 4.69. The van der Waals surface area contributed by atoms with Crippen molar-refractivity contribution in [1.29, 1.82) is 0 Å². The van der Waals surface area contributed by atoms with E-state index in [4.69, 9.17) is 9.84 Å². The first kappa shape index (κ1) is 10.9. The molecule has 0 amide bonds. The van der Waals surface area contributed by atoms with Crippen LogP contribution in [0.2, 0.25) is 0 Å². The summed E-state index contributed by atoms with van der Waals surface area (Å²) >= 11 is 0. The van der Waals surface area contributed by atoms with Gasteiger partial charge in [0.2, 0.25) is 0 Å². The highest BCUT2D eigenvalue weighted by Crippen LogP contribution is 2.37. The molecule has 1 aliphatic rings. The van der Waals surface area contributed by atoms with Crippen molar-refractivity contribution >= 4 is 0 Å². The molecule has 1 fully saturated rings. The second-order valence-corrected chi connectivity index (χ2v) is 3.76. The summed E-state index contributed by atoms with van der Waals surface area (Å²) in [5.74, 6) is 0. The first-order valence-corrected chi connectivity index (χ1v) is 4.11. The third kappa shape index (κ3) is 3.73. The van der Waals surface area contributed by atoms with Gasteiger partial charge in [0.15, 0.2) is 0 Å². The van der Waals surface area contributed by atoms with Gasteiger partial charge in [0.25, 0.3) is 0 Å². The molecule has 1 atom stereocenters. The molecule has 1 aliphatic carbocycles. The fourth-order valence-electron chi connectivity index (χ4n) is 1.57. The van der Waals surface area contributed by atoms with Crippen LogP contribution in [0.4, 0.5) is 0 Å². The predicted octanol–water partition coefficient (Wildman–Crippen LogP) is 1.82. The average Bonchev–Trinajstić information content (AvgIpc) is 2.34. The van der Waals surface area contributed by atoms with Gasteiger partial charge >= 0.3 is 0 Å². The molecular formula is C9H20O2. The van der Waals surface area contributed by atoms with Crippen LogP contribution in [0.3, 0.4) is 0 Å². The number of aliphatic hydroxyl groups is 1. The summed E-state index contributed by atoms with van der Waals surface area (Å²) in [6.07, 6.45) is 4.36. The topological polar surface area (TPSA) is 29.5 Å². The lowest BCUT2D eigenvalue weighted by molar-refractivity contribution is 0.0995. The fourth-order valence-corrected chi connectivity index (χ4v) is 1.57. The van der Waals surface area contributed by atoms with Gasteiger partial charge in [-0.1, -0.05) is 13.8 Å². The van der Waals surface area contributed by atoms with Crippen LogP contribution >= 0.6 is 0 Å². The maximum absolute atomic E-state index is 7.00. The van der Waals surface area contributed by atoms with E-state index in [2.05, 4.69) is 13.8 Å². The predicted molar refractivity (Wildman–Crippen MR) is 46.6 cm³/mol. The highest BCUT2D eigenvalue weighted by Gasteiger charge is 2.30. The van der Waals surface area contributed by atoms with Gasteiger partial charge in [-0.25, -0.2) is 0 Å². The third-order valence-corrected chi connectivity index (χ3v) is 2.26. The minimum Gasteiger partial charge on any atom is -0.400 e. The summed E-state index contributed by atoms with van der Waals surface area (Å²) in [5.41, 5.74) is 0.542. The number of rotatable bonds is 1. The van der Waals surface area contributed by atoms with E-state index in [0.717, 1.165) is 7.11 Å². The zero-order valence-electron chi connectivity index (χ0n) is 8.05. The van der Waals surface area contributed by atoms with Crippen LogP contribution in [-0.4, -0.2) is 25.4 Å². The Morgan fingerprint density at radius 2 is 1.91 bits per heavy atom. The highest BCUT2D eigenvalue weighted by molar-refractivity contribution is 4.82. The normalized spacial score (nSPS) is 27.5. The molecule has 1 rings (SSSR count). The van der Waals surface area contributed by atoms with E-state index in [0.29, 0.717) is 11.5 Å². The van der Waals surface area contributed by atoms with E-state index in [1.54, 1.807) is 0 Å². The van der Waals surface area contributed by atoms with Gasteiger partial charge in [-0.2, -0.15) is 0 Å². The van der Waals surface area contributed by atoms with Crippen LogP contribution in [0.5, 0.6) is 0 Å². The van der Waals surface area contributed by atoms with Crippen LogP contribution in [0, 0.1) is 5.41 Å². The first-order chi connectivity index (χ1) is 5.14. The zero-order valence-corrected chi connectivity index (χ0v) is 8.05. The summed E-state index contributed by atoms with van der Waals surface area (Å²) in [4.78, 5) is 0. The molecule has 0 heterocycles. The lowest BCUT2D eigenvalue weighted by Gasteiger charge is -2.15. The molecule has 1 N–H and O–H groups in total. The Labute approximate surface area is 69.6 Å². The lowest BCUT2D eigenvalue weighted by atomic mass is 9.92. The maximum Gasteiger partial charge on any atom is 0.0576 e. The number of ether oxygens (including phenoxy) is 1. The average molecular weight is 160 g/mol. The Morgan fingerprint density at radius 3 is 2.09 bits per heavy atom. The quantitative estimate of drug-likeness (QED) is 0.634. The van der Waals surface area contributed by atoms with Crippen LogP contribution in [0.15, 0.2) is 0 Å². The van der Waals surface area contributed by atoms with Gasteiger partial charge in [-0.05, 0) is 24.7 Å². The van der Waals surface area contributed by atoms with Gasteiger partial charge in [0.05, 0.1) is 6.10 Å². The molecule has 0 bridgehead atoms. The van der Waals surface area contributed by atoms with Gasteiger partial charge in [-0.3, -0.25) is 0 Å². The van der Waals surface area contributed by atoms with E-state index >= 15 is 0 Å². The summed E-state index contributed by atoms with van der Waals surface area (Å²) in [5, 5.41) is 7.00. The molecule has 0 radical (unpaired) electrons. The molecule has 68 valence electrons. The number of hydrogen-bond donors (Lipinski definition) is 1.